The zero-order valence-electron chi connectivity index (χ0n) is 11.5. The van der Waals surface area contributed by atoms with E-state index in [0.29, 0.717) is 0 Å². The average Bonchev–Trinajstić information content (AvgIpc) is 3.29. The third-order valence-corrected chi connectivity index (χ3v) is 4.28. The van der Waals surface area contributed by atoms with Crippen molar-refractivity contribution >= 4 is 23.4 Å². The number of benzene rings is 1. The molecule has 1 fully saturated rings. The summed E-state index contributed by atoms with van der Waals surface area (Å²) in [5.41, 5.74) is 1.79. The van der Waals surface area contributed by atoms with Crippen molar-refractivity contribution in [3.8, 4) is 0 Å². The Kier molecular flexibility index (Phi) is 3.92. The Bertz CT molecular complexity index is 660. The van der Waals surface area contributed by atoms with Crippen LogP contribution in [0.3, 0.4) is 0 Å². The Morgan fingerprint density at radius 1 is 1.33 bits per heavy atom. The minimum absolute atomic E-state index is 0.0163. The highest BCUT2D eigenvalue weighted by Crippen LogP contribution is 2.48. The van der Waals surface area contributed by atoms with Gasteiger partial charge < -0.3 is 5.32 Å². The largest absolute Gasteiger partial charge is 0.326 e. The molecule has 1 aliphatic carbocycles. The van der Waals surface area contributed by atoms with Crippen LogP contribution in [0.5, 0.6) is 0 Å². The highest BCUT2D eigenvalue weighted by molar-refractivity contribution is 7.98. The standard InChI is InChI=1S/C16H15FN2OS/c1-21-15-8-12(6-7-18-15)19-16(20)14-9-13(14)10-2-4-11(17)5-3-10/h2-8,13-14H,9H2,1H3,(H,18,19,20)/t13-,14+/m1/s1. The first-order valence-electron chi connectivity index (χ1n) is 6.74. The third-order valence-electron chi connectivity index (χ3n) is 3.64. The van der Waals surface area contributed by atoms with Crippen molar-refractivity contribution in [3.63, 3.8) is 0 Å². The van der Waals surface area contributed by atoms with Crippen LogP contribution in [-0.2, 0) is 4.79 Å². The van der Waals surface area contributed by atoms with Crippen LogP contribution in [0.1, 0.15) is 17.9 Å². The molecule has 1 heterocycles. The minimum Gasteiger partial charge on any atom is -0.326 e. The van der Waals surface area contributed by atoms with E-state index in [1.807, 2.05) is 12.3 Å². The van der Waals surface area contributed by atoms with Crippen LogP contribution >= 0.6 is 11.8 Å². The molecule has 5 heteroatoms. The molecule has 0 unspecified atom stereocenters. The summed E-state index contributed by atoms with van der Waals surface area (Å²) in [6.45, 7) is 0. The van der Waals surface area contributed by atoms with E-state index in [4.69, 9.17) is 0 Å². The van der Waals surface area contributed by atoms with Crippen molar-refractivity contribution in [1.82, 2.24) is 4.98 Å². The first kappa shape index (κ1) is 14.1. The van der Waals surface area contributed by atoms with E-state index in [-0.39, 0.29) is 23.6 Å². The average molecular weight is 302 g/mol. The van der Waals surface area contributed by atoms with Gasteiger partial charge in [0.05, 0.1) is 5.03 Å². The number of amides is 1. The number of rotatable bonds is 4. The van der Waals surface area contributed by atoms with E-state index >= 15 is 0 Å². The molecule has 3 nitrogen and oxygen atoms in total. The second-order valence-electron chi connectivity index (χ2n) is 5.08. The van der Waals surface area contributed by atoms with Gasteiger partial charge in [-0.2, -0.15) is 0 Å². The van der Waals surface area contributed by atoms with Gasteiger partial charge in [-0.15, -0.1) is 11.8 Å². The van der Waals surface area contributed by atoms with E-state index in [9.17, 15) is 9.18 Å². The Hall–Kier alpha value is -1.88. The lowest BCUT2D eigenvalue weighted by Crippen LogP contribution is -2.14. The van der Waals surface area contributed by atoms with Crippen LogP contribution in [-0.4, -0.2) is 17.1 Å². The summed E-state index contributed by atoms with van der Waals surface area (Å²) in [6.07, 6.45) is 4.45. The minimum atomic E-state index is -0.248. The monoisotopic (exact) mass is 302 g/mol. The lowest BCUT2D eigenvalue weighted by Gasteiger charge is -2.06. The predicted octanol–water partition coefficient (Wildman–Crippen LogP) is 3.68. The number of aromatic nitrogens is 1. The number of nitrogens with zero attached hydrogens (tertiary/aromatic N) is 1. The van der Waals surface area contributed by atoms with Crippen LogP contribution in [0.25, 0.3) is 0 Å². The maximum Gasteiger partial charge on any atom is 0.228 e. The Morgan fingerprint density at radius 2 is 2.10 bits per heavy atom. The zero-order chi connectivity index (χ0) is 14.8. The molecule has 1 amide bonds. The molecule has 0 radical (unpaired) electrons. The van der Waals surface area contributed by atoms with Gasteiger partial charge in [0, 0.05) is 17.8 Å². The van der Waals surface area contributed by atoms with Crippen LogP contribution in [0.4, 0.5) is 10.1 Å². The van der Waals surface area contributed by atoms with Crippen LogP contribution in [0.15, 0.2) is 47.6 Å². The van der Waals surface area contributed by atoms with Gasteiger partial charge in [0.1, 0.15) is 5.82 Å². The fraction of sp³-hybridized carbons (Fsp3) is 0.250. The lowest BCUT2D eigenvalue weighted by atomic mass is 10.1. The topological polar surface area (TPSA) is 42.0 Å². The van der Waals surface area contributed by atoms with E-state index in [1.165, 1.54) is 23.9 Å². The van der Waals surface area contributed by atoms with Crippen molar-refractivity contribution in [2.45, 2.75) is 17.4 Å². The molecule has 21 heavy (non-hydrogen) atoms. The molecule has 0 saturated heterocycles. The number of hydrogen-bond donors (Lipinski definition) is 1. The van der Waals surface area contributed by atoms with Crippen molar-refractivity contribution in [2.24, 2.45) is 5.92 Å². The molecule has 0 aliphatic heterocycles. The van der Waals surface area contributed by atoms with E-state index < -0.39 is 0 Å². The molecule has 108 valence electrons. The van der Waals surface area contributed by atoms with Crippen LogP contribution in [0, 0.1) is 11.7 Å². The molecule has 0 bridgehead atoms. The third kappa shape index (κ3) is 3.24. The van der Waals surface area contributed by atoms with E-state index in [0.717, 1.165) is 22.7 Å². The van der Waals surface area contributed by atoms with Crippen molar-refractivity contribution in [3.05, 3.63) is 54.0 Å². The summed E-state index contributed by atoms with van der Waals surface area (Å²) in [6, 6.07) is 10.0. The van der Waals surface area contributed by atoms with Gasteiger partial charge in [-0.25, -0.2) is 9.37 Å². The van der Waals surface area contributed by atoms with Crippen molar-refractivity contribution < 1.29 is 9.18 Å². The molecular formula is C16H15FN2OS. The molecule has 0 spiro atoms. The van der Waals surface area contributed by atoms with Crippen molar-refractivity contribution in [2.75, 3.05) is 11.6 Å². The molecule has 2 atom stereocenters. The van der Waals surface area contributed by atoms with E-state index in [1.54, 1.807) is 24.4 Å². The fourth-order valence-corrected chi connectivity index (χ4v) is 2.81. The van der Waals surface area contributed by atoms with Gasteiger partial charge >= 0.3 is 0 Å². The Morgan fingerprint density at radius 3 is 2.81 bits per heavy atom. The predicted molar refractivity (Wildman–Crippen MR) is 81.9 cm³/mol. The molecule has 1 aromatic carbocycles. The van der Waals surface area contributed by atoms with Crippen LogP contribution in [0.2, 0.25) is 0 Å². The summed E-state index contributed by atoms with van der Waals surface area (Å²) in [5.74, 6) is -0.0572. The number of carbonyl (C=O) groups is 1. The molecular weight excluding hydrogens is 287 g/mol. The second kappa shape index (κ2) is 5.85. The van der Waals surface area contributed by atoms with Gasteiger partial charge in [-0.1, -0.05) is 12.1 Å². The summed E-state index contributed by atoms with van der Waals surface area (Å²) < 4.78 is 12.9. The summed E-state index contributed by atoms with van der Waals surface area (Å²) >= 11 is 1.53. The highest BCUT2D eigenvalue weighted by atomic mass is 32.2. The number of halogens is 1. The van der Waals surface area contributed by atoms with Gasteiger partial charge in [0.25, 0.3) is 0 Å². The number of anilines is 1. The summed E-state index contributed by atoms with van der Waals surface area (Å²) in [5, 5.41) is 3.80. The quantitative estimate of drug-likeness (QED) is 0.876. The molecule has 2 aromatic rings. The molecule has 3 rings (SSSR count). The second-order valence-corrected chi connectivity index (χ2v) is 5.90. The maximum absolute atomic E-state index is 12.9. The fourth-order valence-electron chi connectivity index (χ4n) is 2.40. The van der Waals surface area contributed by atoms with Crippen molar-refractivity contribution in [1.29, 1.82) is 0 Å². The van der Waals surface area contributed by atoms with Gasteiger partial charge in [0.15, 0.2) is 0 Å². The number of carbonyl (C=O) groups excluding carboxylic acids is 1. The summed E-state index contributed by atoms with van der Waals surface area (Å²) in [4.78, 5) is 16.4. The number of pyridine rings is 1. The van der Waals surface area contributed by atoms with Gasteiger partial charge in [-0.05, 0) is 48.4 Å². The van der Waals surface area contributed by atoms with Crippen LogP contribution < -0.4 is 5.32 Å². The normalized spacial score (nSPS) is 20.1. The molecule has 1 N–H and O–H groups in total. The summed E-state index contributed by atoms with van der Waals surface area (Å²) in [7, 11) is 0. The smallest absolute Gasteiger partial charge is 0.228 e. The Labute approximate surface area is 127 Å². The molecule has 1 aromatic heterocycles. The first-order chi connectivity index (χ1) is 10.2. The maximum atomic E-state index is 12.9. The number of thioether (sulfide) groups is 1. The SMILES string of the molecule is CSc1cc(NC(=O)[C@H]2C[C@@H]2c2ccc(F)cc2)ccn1. The zero-order valence-corrected chi connectivity index (χ0v) is 12.4. The Balaban J connectivity index is 1.63. The number of nitrogens with one attached hydrogen (secondary N) is 1. The number of hydrogen-bond acceptors (Lipinski definition) is 3. The molecule has 1 saturated carbocycles. The first-order valence-corrected chi connectivity index (χ1v) is 7.96. The van der Waals surface area contributed by atoms with Gasteiger partial charge in [-0.3, -0.25) is 4.79 Å². The lowest BCUT2D eigenvalue weighted by molar-refractivity contribution is -0.117. The molecule has 1 aliphatic rings. The van der Waals surface area contributed by atoms with E-state index in [2.05, 4.69) is 10.3 Å². The van der Waals surface area contributed by atoms with Gasteiger partial charge in [0.2, 0.25) is 5.91 Å². The highest BCUT2D eigenvalue weighted by Gasteiger charge is 2.43.